The number of anilines is 1. The van der Waals surface area contributed by atoms with E-state index in [-0.39, 0.29) is 50.6 Å². The van der Waals surface area contributed by atoms with Crippen LogP contribution in [0.1, 0.15) is 38.1 Å². The number of nitrogens with zero attached hydrogens (tertiary/aromatic N) is 1. The highest BCUT2D eigenvalue weighted by atomic mass is 35.5. The Kier molecular flexibility index (Phi) is 5.85. The zero-order chi connectivity index (χ0) is 18.6. The molecule has 0 aliphatic heterocycles. The topological polar surface area (TPSA) is 123 Å². The number of benzene rings is 1. The minimum atomic E-state index is -0.858. The van der Waals surface area contributed by atoms with E-state index in [1.54, 1.807) is 6.92 Å². The lowest BCUT2D eigenvalue weighted by molar-refractivity contribution is 0.0450. The van der Waals surface area contributed by atoms with Crippen LogP contribution in [0.4, 0.5) is 5.00 Å². The van der Waals surface area contributed by atoms with Crippen molar-refractivity contribution in [2.45, 2.75) is 13.5 Å². The molecule has 0 unspecified atom stereocenters. The fourth-order valence-electron chi connectivity index (χ4n) is 1.99. The molecule has 0 saturated heterocycles. The van der Waals surface area contributed by atoms with E-state index in [2.05, 4.69) is 0 Å². The first kappa shape index (κ1) is 18.6. The fourth-order valence-corrected chi connectivity index (χ4v) is 3.08. The number of thiophene rings is 1. The molecule has 0 amide bonds. The summed E-state index contributed by atoms with van der Waals surface area (Å²) in [6.45, 7) is 1.41. The van der Waals surface area contributed by atoms with Crippen molar-refractivity contribution in [2.75, 3.05) is 12.3 Å². The van der Waals surface area contributed by atoms with Gasteiger partial charge in [0, 0.05) is 10.6 Å². The van der Waals surface area contributed by atoms with Gasteiger partial charge in [-0.25, -0.2) is 9.59 Å². The zero-order valence-corrected chi connectivity index (χ0v) is 14.6. The molecular formula is C16H13ClN2O5S. The Balaban J connectivity index is 2.28. The first-order chi connectivity index (χ1) is 11.9. The van der Waals surface area contributed by atoms with Crippen LogP contribution in [-0.4, -0.2) is 23.7 Å². The van der Waals surface area contributed by atoms with Crippen LogP contribution in [0, 0.1) is 11.3 Å². The molecule has 0 aliphatic rings. The molecular weight excluding hydrogens is 368 g/mol. The lowest BCUT2D eigenvalue weighted by Gasteiger charge is -2.08. The van der Waals surface area contributed by atoms with E-state index >= 15 is 0 Å². The molecule has 1 aromatic heterocycles. The Bertz CT molecular complexity index is 872. The number of phenolic OH excluding ortho intramolecular Hbond substituents is 1. The van der Waals surface area contributed by atoms with Gasteiger partial charge in [-0.2, -0.15) is 5.26 Å². The molecule has 0 radical (unpaired) electrons. The van der Waals surface area contributed by atoms with Gasteiger partial charge in [-0.1, -0.05) is 11.6 Å². The predicted octanol–water partition coefficient (Wildman–Crippen LogP) is 3.09. The van der Waals surface area contributed by atoms with Gasteiger partial charge in [0.1, 0.15) is 33.9 Å². The van der Waals surface area contributed by atoms with E-state index in [1.807, 2.05) is 6.07 Å². The third-order valence-corrected chi connectivity index (χ3v) is 4.41. The predicted molar refractivity (Wildman–Crippen MR) is 91.6 cm³/mol. The maximum Gasteiger partial charge on any atom is 0.348 e. The van der Waals surface area contributed by atoms with Crippen LogP contribution >= 0.6 is 22.9 Å². The number of nitrogen functional groups attached to an aromatic ring is 1. The number of ether oxygens (including phenoxy) is 2. The number of carbonyl (C=O) groups excluding carboxylic acids is 2. The van der Waals surface area contributed by atoms with Crippen molar-refractivity contribution < 1.29 is 24.2 Å². The van der Waals surface area contributed by atoms with Crippen molar-refractivity contribution in [3.63, 3.8) is 0 Å². The Hall–Kier alpha value is -2.76. The summed E-state index contributed by atoms with van der Waals surface area (Å²) in [6.07, 6.45) is 0. The third-order valence-electron chi connectivity index (χ3n) is 3.13. The number of phenols is 1. The average Bonchev–Trinajstić information content (AvgIpc) is 2.90. The molecule has 2 aromatic rings. The third kappa shape index (κ3) is 4.02. The van der Waals surface area contributed by atoms with Crippen LogP contribution in [0.2, 0.25) is 5.02 Å². The molecule has 0 atom stereocenters. The fraction of sp³-hybridized carbons (Fsp3) is 0.188. The second-order valence-electron chi connectivity index (χ2n) is 4.72. The molecule has 0 aliphatic carbocycles. The first-order valence-electron chi connectivity index (χ1n) is 7.03. The Labute approximate surface area is 152 Å². The largest absolute Gasteiger partial charge is 0.507 e. The summed E-state index contributed by atoms with van der Waals surface area (Å²) >= 11 is 6.68. The summed E-state index contributed by atoms with van der Waals surface area (Å²) < 4.78 is 10.0. The number of carbonyl (C=O) groups is 2. The van der Waals surface area contributed by atoms with Gasteiger partial charge in [-0.3, -0.25) is 0 Å². The zero-order valence-electron chi connectivity index (χ0n) is 13.0. The number of hydrogen-bond donors (Lipinski definition) is 2. The Morgan fingerprint density at radius 2 is 2.08 bits per heavy atom. The summed E-state index contributed by atoms with van der Waals surface area (Å²) in [7, 11) is 0. The number of esters is 2. The van der Waals surface area contributed by atoms with Crippen LogP contribution < -0.4 is 5.73 Å². The van der Waals surface area contributed by atoms with Gasteiger partial charge in [0.25, 0.3) is 0 Å². The van der Waals surface area contributed by atoms with Crippen LogP contribution in [0.3, 0.4) is 0 Å². The van der Waals surface area contributed by atoms with Crippen molar-refractivity contribution in [2.24, 2.45) is 0 Å². The highest BCUT2D eigenvalue weighted by Crippen LogP contribution is 2.32. The van der Waals surface area contributed by atoms with Crippen LogP contribution in [-0.2, 0) is 16.1 Å². The summed E-state index contributed by atoms with van der Waals surface area (Å²) in [5.41, 5.74) is 5.82. The molecule has 7 nitrogen and oxygen atoms in total. The molecule has 0 fully saturated rings. The SMILES string of the molecule is CCOC(=O)c1sc(N)c(C#N)c1COC(=O)c1cc(Cl)ccc1O. The van der Waals surface area contributed by atoms with Crippen molar-refractivity contribution in [1.82, 2.24) is 0 Å². The molecule has 1 heterocycles. The van der Waals surface area contributed by atoms with E-state index in [9.17, 15) is 20.0 Å². The van der Waals surface area contributed by atoms with Gasteiger partial charge in [-0.15, -0.1) is 11.3 Å². The number of hydrogen-bond acceptors (Lipinski definition) is 8. The minimum Gasteiger partial charge on any atom is -0.507 e. The highest BCUT2D eigenvalue weighted by Gasteiger charge is 2.24. The molecule has 3 N–H and O–H groups in total. The van der Waals surface area contributed by atoms with Gasteiger partial charge >= 0.3 is 11.9 Å². The van der Waals surface area contributed by atoms with E-state index < -0.39 is 11.9 Å². The summed E-state index contributed by atoms with van der Waals surface area (Å²) in [4.78, 5) is 24.2. The Morgan fingerprint density at radius 1 is 1.36 bits per heavy atom. The smallest absolute Gasteiger partial charge is 0.348 e. The summed E-state index contributed by atoms with van der Waals surface area (Å²) in [5, 5.41) is 19.3. The standard InChI is InChI=1S/C16H13ClN2O5S/c1-2-23-16(22)13-11(10(6-18)14(19)25-13)7-24-15(21)9-5-8(17)3-4-12(9)20/h3-5,20H,2,7,19H2,1H3. The first-order valence-corrected chi connectivity index (χ1v) is 8.22. The van der Waals surface area contributed by atoms with Crippen molar-refractivity contribution in [3.8, 4) is 11.8 Å². The number of rotatable bonds is 5. The van der Waals surface area contributed by atoms with Gasteiger partial charge in [0.2, 0.25) is 0 Å². The number of nitriles is 1. The van der Waals surface area contributed by atoms with E-state index in [0.29, 0.717) is 0 Å². The maximum atomic E-state index is 12.1. The molecule has 9 heteroatoms. The summed E-state index contributed by atoms with van der Waals surface area (Å²) in [6, 6.07) is 5.80. The minimum absolute atomic E-state index is 0.0520. The van der Waals surface area contributed by atoms with Crippen LogP contribution in [0.25, 0.3) is 0 Å². The molecule has 0 bridgehead atoms. The van der Waals surface area contributed by atoms with Crippen LogP contribution in [0.15, 0.2) is 18.2 Å². The van der Waals surface area contributed by atoms with E-state index in [4.69, 9.17) is 26.8 Å². The van der Waals surface area contributed by atoms with Gasteiger partial charge in [-0.05, 0) is 25.1 Å². The summed E-state index contributed by atoms with van der Waals surface area (Å²) in [5.74, 6) is -1.81. The quantitative estimate of drug-likeness (QED) is 0.764. The van der Waals surface area contributed by atoms with Crippen molar-refractivity contribution in [1.29, 1.82) is 5.26 Å². The number of aromatic hydroxyl groups is 1. The van der Waals surface area contributed by atoms with Crippen molar-refractivity contribution >= 4 is 39.9 Å². The molecule has 1 aromatic carbocycles. The maximum absolute atomic E-state index is 12.1. The Morgan fingerprint density at radius 3 is 2.72 bits per heavy atom. The van der Waals surface area contributed by atoms with Gasteiger partial charge < -0.3 is 20.3 Å². The van der Waals surface area contributed by atoms with E-state index in [0.717, 1.165) is 11.3 Å². The highest BCUT2D eigenvalue weighted by molar-refractivity contribution is 7.18. The number of nitrogens with two attached hydrogens (primary N) is 1. The van der Waals surface area contributed by atoms with Gasteiger partial charge in [0.15, 0.2) is 0 Å². The van der Waals surface area contributed by atoms with Gasteiger partial charge in [0.05, 0.1) is 12.2 Å². The normalized spacial score (nSPS) is 10.1. The molecule has 0 spiro atoms. The molecule has 130 valence electrons. The molecule has 2 rings (SSSR count). The van der Waals surface area contributed by atoms with Crippen molar-refractivity contribution in [3.05, 3.63) is 44.8 Å². The second-order valence-corrected chi connectivity index (χ2v) is 6.21. The molecule has 25 heavy (non-hydrogen) atoms. The second kappa shape index (κ2) is 7.88. The average molecular weight is 381 g/mol. The number of halogens is 1. The van der Waals surface area contributed by atoms with Crippen LogP contribution in [0.5, 0.6) is 5.75 Å². The molecule has 0 saturated carbocycles. The lowest BCUT2D eigenvalue weighted by atomic mass is 10.1. The lowest BCUT2D eigenvalue weighted by Crippen LogP contribution is -2.10. The van der Waals surface area contributed by atoms with E-state index in [1.165, 1.54) is 18.2 Å². The monoisotopic (exact) mass is 380 g/mol.